The third-order valence-corrected chi connectivity index (χ3v) is 3.77. The fourth-order valence-electron chi connectivity index (χ4n) is 2.16. The van der Waals surface area contributed by atoms with Gasteiger partial charge in [-0.15, -0.1) is 0 Å². The Labute approximate surface area is 135 Å². The van der Waals surface area contributed by atoms with Crippen molar-refractivity contribution in [1.29, 1.82) is 0 Å². The van der Waals surface area contributed by atoms with Gasteiger partial charge in [-0.1, -0.05) is 29.3 Å². The minimum absolute atomic E-state index is 0.327. The number of methoxy groups -OCH3 is 1. The number of rotatable bonds is 3. The number of hydrogen-bond donors (Lipinski definition) is 2. The van der Waals surface area contributed by atoms with Crippen molar-refractivity contribution >= 4 is 29.0 Å². The summed E-state index contributed by atoms with van der Waals surface area (Å²) in [6, 6.07) is 8.99. The molecule has 0 heterocycles. The average molecular weight is 319 g/mol. The van der Waals surface area contributed by atoms with Crippen LogP contribution in [0.3, 0.4) is 0 Å². The molecule has 2 amide bonds. The quantitative estimate of drug-likeness (QED) is 0.844. The molecule has 0 aliphatic rings. The monoisotopic (exact) mass is 318 g/mol. The van der Waals surface area contributed by atoms with Crippen molar-refractivity contribution in [3.8, 4) is 5.75 Å². The van der Waals surface area contributed by atoms with Crippen LogP contribution >= 0.6 is 11.6 Å². The van der Waals surface area contributed by atoms with E-state index in [0.717, 1.165) is 22.4 Å². The first kappa shape index (κ1) is 16.2. The lowest BCUT2D eigenvalue weighted by Gasteiger charge is -2.14. The second kappa shape index (κ2) is 6.71. The van der Waals surface area contributed by atoms with Crippen LogP contribution in [0.25, 0.3) is 0 Å². The van der Waals surface area contributed by atoms with Gasteiger partial charge < -0.3 is 15.4 Å². The third-order valence-electron chi connectivity index (χ3n) is 3.36. The van der Waals surface area contributed by atoms with Gasteiger partial charge in [0.1, 0.15) is 5.75 Å². The van der Waals surface area contributed by atoms with E-state index in [4.69, 9.17) is 16.3 Å². The molecule has 22 heavy (non-hydrogen) atoms. The molecule has 5 heteroatoms. The van der Waals surface area contributed by atoms with Gasteiger partial charge >= 0.3 is 6.03 Å². The summed E-state index contributed by atoms with van der Waals surface area (Å²) < 4.78 is 5.24. The standard InChI is InChI=1S/C17H19ClN2O2/c1-10-5-6-14(12(3)7-10)19-17(21)20-15-8-11(2)13(18)9-16(15)22-4/h5-9H,1-4H3,(H2,19,20,21). The molecule has 2 aromatic rings. The van der Waals surface area contributed by atoms with E-state index in [1.807, 2.05) is 39.0 Å². The lowest BCUT2D eigenvalue weighted by molar-refractivity contribution is 0.262. The van der Waals surface area contributed by atoms with E-state index in [1.165, 1.54) is 7.11 Å². The molecule has 2 rings (SSSR count). The average Bonchev–Trinajstić information content (AvgIpc) is 2.45. The maximum atomic E-state index is 12.2. The fourth-order valence-corrected chi connectivity index (χ4v) is 2.31. The third kappa shape index (κ3) is 3.71. The number of ether oxygens (including phenoxy) is 1. The van der Waals surface area contributed by atoms with Crippen LogP contribution in [0, 0.1) is 20.8 Å². The Bertz CT molecular complexity index is 714. The Morgan fingerprint density at radius 1 is 1.00 bits per heavy atom. The first-order valence-corrected chi connectivity index (χ1v) is 7.28. The van der Waals surface area contributed by atoms with E-state index < -0.39 is 0 Å². The molecule has 116 valence electrons. The summed E-state index contributed by atoms with van der Waals surface area (Å²) in [6.45, 7) is 5.84. The smallest absolute Gasteiger partial charge is 0.323 e. The minimum atomic E-state index is -0.327. The lowest BCUT2D eigenvalue weighted by atomic mass is 10.1. The maximum absolute atomic E-state index is 12.2. The number of carbonyl (C=O) groups excluding carboxylic acids is 1. The highest BCUT2D eigenvalue weighted by Crippen LogP contribution is 2.31. The van der Waals surface area contributed by atoms with Crippen LogP contribution in [0.5, 0.6) is 5.75 Å². The van der Waals surface area contributed by atoms with E-state index in [2.05, 4.69) is 10.6 Å². The van der Waals surface area contributed by atoms with Crippen molar-refractivity contribution in [2.75, 3.05) is 17.7 Å². The number of carbonyl (C=O) groups is 1. The molecule has 0 saturated carbocycles. The molecule has 0 fully saturated rings. The SMILES string of the molecule is COc1cc(Cl)c(C)cc1NC(=O)Nc1ccc(C)cc1C. The number of halogens is 1. The molecule has 0 aliphatic carbocycles. The molecule has 2 aromatic carbocycles. The molecule has 0 bridgehead atoms. The molecule has 0 aliphatic heterocycles. The Morgan fingerprint density at radius 2 is 1.68 bits per heavy atom. The Hall–Kier alpha value is -2.20. The maximum Gasteiger partial charge on any atom is 0.323 e. The molecule has 0 aromatic heterocycles. The van der Waals surface area contributed by atoms with Gasteiger partial charge in [-0.25, -0.2) is 4.79 Å². The number of benzene rings is 2. The summed E-state index contributed by atoms with van der Waals surface area (Å²) >= 11 is 6.06. The fraction of sp³-hybridized carbons (Fsp3) is 0.235. The summed E-state index contributed by atoms with van der Waals surface area (Å²) in [5.41, 5.74) is 4.37. The molecular weight excluding hydrogens is 300 g/mol. The summed E-state index contributed by atoms with van der Waals surface area (Å²) in [6.07, 6.45) is 0. The van der Waals surface area contributed by atoms with Gasteiger partial charge in [0.15, 0.2) is 0 Å². The van der Waals surface area contributed by atoms with Crippen molar-refractivity contribution in [3.63, 3.8) is 0 Å². The van der Waals surface area contributed by atoms with Crippen LogP contribution in [0.2, 0.25) is 5.02 Å². The Balaban J connectivity index is 2.17. The molecule has 0 radical (unpaired) electrons. The molecule has 0 spiro atoms. The number of nitrogens with one attached hydrogen (secondary N) is 2. The van der Waals surface area contributed by atoms with Crippen molar-refractivity contribution in [2.24, 2.45) is 0 Å². The van der Waals surface area contributed by atoms with Crippen LogP contribution in [0.4, 0.5) is 16.2 Å². The zero-order valence-corrected chi connectivity index (χ0v) is 13.8. The first-order valence-electron chi connectivity index (χ1n) is 6.90. The van der Waals surface area contributed by atoms with E-state index in [-0.39, 0.29) is 6.03 Å². The second-order valence-electron chi connectivity index (χ2n) is 5.20. The summed E-state index contributed by atoms with van der Waals surface area (Å²) in [7, 11) is 1.54. The predicted octanol–water partition coefficient (Wildman–Crippen LogP) is 4.92. The number of amides is 2. The van der Waals surface area contributed by atoms with E-state index in [0.29, 0.717) is 16.5 Å². The van der Waals surface area contributed by atoms with Gasteiger partial charge in [-0.05, 0) is 44.0 Å². The summed E-state index contributed by atoms with van der Waals surface area (Å²) in [5.74, 6) is 0.520. The first-order chi connectivity index (χ1) is 10.4. The lowest BCUT2D eigenvalue weighted by Crippen LogP contribution is -2.20. The van der Waals surface area contributed by atoms with Crippen molar-refractivity contribution in [1.82, 2.24) is 0 Å². The molecule has 2 N–H and O–H groups in total. The number of aryl methyl sites for hydroxylation is 3. The van der Waals surface area contributed by atoms with E-state index in [1.54, 1.807) is 12.1 Å². The van der Waals surface area contributed by atoms with E-state index in [9.17, 15) is 4.79 Å². The second-order valence-corrected chi connectivity index (χ2v) is 5.61. The largest absolute Gasteiger partial charge is 0.495 e. The van der Waals surface area contributed by atoms with Crippen LogP contribution in [-0.4, -0.2) is 13.1 Å². The van der Waals surface area contributed by atoms with Crippen molar-refractivity contribution in [3.05, 3.63) is 52.0 Å². The van der Waals surface area contributed by atoms with Gasteiger partial charge in [0, 0.05) is 16.8 Å². The highest BCUT2D eigenvalue weighted by Gasteiger charge is 2.11. The van der Waals surface area contributed by atoms with Gasteiger partial charge in [-0.3, -0.25) is 0 Å². The molecular formula is C17H19ClN2O2. The highest BCUT2D eigenvalue weighted by molar-refractivity contribution is 6.31. The molecule has 4 nitrogen and oxygen atoms in total. The zero-order chi connectivity index (χ0) is 16.3. The Morgan fingerprint density at radius 3 is 2.32 bits per heavy atom. The number of urea groups is 1. The highest BCUT2D eigenvalue weighted by atomic mass is 35.5. The van der Waals surface area contributed by atoms with Gasteiger partial charge in [0.25, 0.3) is 0 Å². The predicted molar refractivity (Wildman–Crippen MR) is 91.3 cm³/mol. The van der Waals surface area contributed by atoms with Gasteiger partial charge in [0.2, 0.25) is 0 Å². The Kier molecular flexibility index (Phi) is 4.93. The zero-order valence-electron chi connectivity index (χ0n) is 13.1. The molecule has 0 saturated heterocycles. The summed E-state index contributed by atoms with van der Waals surface area (Å²) in [5, 5.41) is 6.21. The summed E-state index contributed by atoms with van der Waals surface area (Å²) in [4.78, 5) is 12.2. The topological polar surface area (TPSA) is 50.4 Å². The van der Waals surface area contributed by atoms with E-state index >= 15 is 0 Å². The number of anilines is 2. The van der Waals surface area contributed by atoms with Crippen molar-refractivity contribution in [2.45, 2.75) is 20.8 Å². The molecule has 0 unspecified atom stereocenters. The minimum Gasteiger partial charge on any atom is -0.495 e. The number of hydrogen-bond acceptors (Lipinski definition) is 2. The normalized spacial score (nSPS) is 10.2. The molecule has 0 atom stereocenters. The van der Waals surface area contributed by atoms with Crippen molar-refractivity contribution < 1.29 is 9.53 Å². The van der Waals surface area contributed by atoms with Gasteiger partial charge in [0.05, 0.1) is 12.8 Å². The van der Waals surface area contributed by atoms with Crippen LogP contribution in [-0.2, 0) is 0 Å². The van der Waals surface area contributed by atoms with Crippen LogP contribution in [0.15, 0.2) is 30.3 Å². The van der Waals surface area contributed by atoms with Crippen LogP contribution in [0.1, 0.15) is 16.7 Å². The van der Waals surface area contributed by atoms with Gasteiger partial charge in [-0.2, -0.15) is 0 Å². The van der Waals surface area contributed by atoms with Crippen LogP contribution < -0.4 is 15.4 Å².